The molecule has 0 radical (unpaired) electrons. The molecule has 0 spiro atoms. The van der Waals surface area contributed by atoms with E-state index in [-0.39, 0.29) is 0 Å². The number of imidazole rings is 1. The van der Waals surface area contributed by atoms with Crippen molar-refractivity contribution < 1.29 is 0 Å². The Morgan fingerprint density at radius 1 is 1.31 bits per heavy atom. The molecule has 1 fully saturated rings. The Labute approximate surface area is 76.2 Å². The molecule has 3 heteroatoms. The van der Waals surface area contributed by atoms with Crippen LogP contribution in [0, 0.1) is 0 Å². The molecule has 1 aromatic heterocycles. The van der Waals surface area contributed by atoms with Crippen LogP contribution in [0.15, 0.2) is 24.5 Å². The van der Waals surface area contributed by atoms with Crippen molar-refractivity contribution in [2.24, 2.45) is 0 Å². The Morgan fingerprint density at radius 2 is 2.23 bits per heavy atom. The minimum Gasteiger partial charge on any atom is -0.345 e. The molecule has 0 unspecified atom stereocenters. The van der Waals surface area contributed by atoms with Crippen LogP contribution in [0.3, 0.4) is 0 Å². The van der Waals surface area contributed by atoms with Gasteiger partial charge in [0.1, 0.15) is 0 Å². The van der Waals surface area contributed by atoms with E-state index in [0.29, 0.717) is 5.92 Å². The number of aromatic amines is 1. The van der Waals surface area contributed by atoms with Gasteiger partial charge in [0.05, 0.1) is 17.4 Å². The summed E-state index contributed by atoms with van der Waals surface area (Å²) in [4.78, 5) is 7.47. The van der Waals surface area contributed by atoms with Crippen molar-refractivity contribution in [3.05, 3.63) is 30.1 Å². The highest BCUT2D eigenvalue weighted by Gasteiger charge is 2.21. The fraction of sp³-hybridized carbons (Fsp3) is 0.300. The summed E-state index contributed by atoms with van der Waals surface area (Å²) in [7, 11) is 0. The molecule has 0 amide bonds. The minimum absolute atomic E-state index is 0.659. The minimum atomic E-state index is 0.659. The van der Waals surface area contributed by atoms with E-state index in [9.17, 15) is 0 Å². The SMILES string of the molecule is c1cc(C2CNC2)c2nc[nH]c2c1. The van der Waals surface area contributed by atoms with E-state index in [1.165, 1.54) is 5.56 Å². The molecule has 2 heterocycles. The molecular formula is C10H11N3. The highest BCUT2D eigenvalue weighted by Crippen LogP contribution is 2.25. The van der Waals surface area contributed by atoms with E-state index < -0.39 is 0 Å². The Kier molecular flexibility index (Phi) is 1.40. The summed E-state index contributed by atoms with van der Waals surface area (Å²) in [6, 6.07) is 6.33. The molecule has 13 heavy (non-hydrogen) atoms. The van der Waals surface area contributed by atoms with Crippen LogP contribution in [0.2, 0.25) is 0 Å². The summed E-state index contributed by atoms with van der Waals surface area (Å²) >= 11 is 0. The number of H-pyrrole nitrogens is 1. The fourth-order valence-electron chi connectivity index (χ4n) is 1.83. The number of hydrogen-bond donors (Lipinski definition) is 2. The second-order valence-corrected chi connectivity index (χ2v) is 3.50. The van der Waals surface area contributed by atoms with Crippen molar-refractivity contribution >= 4 is 11.0 Å². The molecule has 1 saturated heterocycles. The summed E-state index contributed by atoms with van der Waals surface area (Å²) in [6.45, 7) is 2.18. The second-order valence-electron chi connectivity index (χ2n) is 3.50. The molecule has 3 nitrogen and oxygen atoms in total. The zero-order chi connectivity index (χ0) is 8.67. The number of benzene rings is 1. The van der Waals surface area contributed by atoms with Gasteiger partial charge in [-0.3, -0.25) is 0 Å². The zero-order valence-corrected chi connectivity index (χ0v) is 7.25. The van der Waals surface area contributed by atoms with Gasteiger partial charge in [0.15, 0.2) is 0 Å². The van der Waals surface area contributed by atoms with Crippen molar-refractivity contribution in [2.45, 2.75) is 5.92 Å². The molecule has 2 aromatic rings. The maximum atomic E-state index is 4.34. The van der Waals surface area contributed by atoms with E-state index in [4.69, 9.17) is 0 Å². The van der Waals surface area contributed by atoms with E-state index in [1.54, 1.807) is 6.33 Å². The predicted octanol–water partition coefficient (Wildman–Crippen LogP) is 1.25. The fourth-order valence-corrected chi connectivity index (χ4v) is 1.83. The molecule has 0 saturated carbocycles. The van der Waals surface area contributed by atoms with Gasteiger partial charge in [-0.2, -0.15) is 0 Å². The van der Waals surface area contributed by atoms with Gasteiger partial charge in [-0.15, -0.1) is 0 Å². The van der Waals surface area contributed by atoms with Gasteiger partial charge in [-0.25, -0.2) is 4.98 Å². The highest BCUT2D eigenvalue weighted by molar-refractivity contribution is 5.78. The summed E-state index contributed by atoms with van der Waals surface area (Å²) in [5.41, 5.74) is 3.65. The zero-order valence-electron chi connectivity index (χ0n) is 7.25. The number of fused-ring (bicyclic) bond motifs is 1. The average Bonchev–Trinajstić information content (AvgIpc) is 2.49. The van der Waals surface area contributed by atoms with E-state index in [0.717, 1.165) is 24.1 Å². The van der Waals surface area contributed by atoms with Gasteiger partial charge in [0.25, 0.3) is 0 Å². The lowest BCUT2D eigenvalue weighted by Gasteiger charge is -2.27. The predicted molar refractivity (Wildman–Crippen MR) is 51.7 cm³/mol. The summed E-state index contributed by atoms with van der Waals surface area (Å²) in [5.74, 6) is 0.659. The van der Waals surface area contributed by atoms with Crippen molar-refractivity contribution in [1.29, 1.82) is 0 Å². The molecule has 1 aliphatic rings. The molecule has 3 rings (SSSR count). The first-order valence-corrected chi connectivity index (χ1v) is 4.58. The van der Waals surface area contributed by atoms with Gasteiger partial charge in [0, 0.05) is 19.0 Å². The number of hydrogen-bond acceptors (Lipinski definition) is 2. The smallest absolute Gasteiger partial charge is 0.0931 e. The van der Waals surface area contributed by atoms with Gasteiger partial charge < -0.3 is 10.3 Å². The van der Waals surface area contributed by atoms with Gasteiger partial charge in [-0.05, 0) is 11.6 Å². The number of para-hydroxylation sites is 1. The maximum Gasteiger partial charge on any atom is 0.0931 e. The first-order chi connectivity index (χ1) is 6.45. The first-order valence-electron chi connectivity index (χ1n) is 4.58. The third-order valence-corrected chi connectivity index (χ3v) is 2.70. The van der Waals surface area contributed by atoms with Crippen molar-refractivity contribution in [1.82, 2.24) is 15.3 Å². The summed E-state index contributed by atoms with van der Waals surface area (Å²) in [5, 5.41) is 3.28. The lowest BCUT2D eigenvalue weighted by atomic mass is 9.93. The topological polar surface area (TPSA) is 40.7 Å². The van der Waals surface area contributed by atoms with Crippen LogP contribution in [0.5, 0.6) is 0 Å². The lowest BCUT2D eigenvalue weighted by molar-refractivity contribution is 0.450. The number of nitrogens with one attached hydrogen (secondary N) is 2. The standard InChI is InChI=1S/C10H11N3/c1-2-8(7-4-11-5-7)10-9(3-1)12-6-13-10/h1-3,6-7,11H,4-5H2,(H,12,13). The van der Waals surface area contributed by atoms with Crippen molar-refractivity contribution in [3.63, 3.8) is 0 Å². The first kappa shape index (κ1) is 7.09. The van der Waals surface area contributed by atoms with Crippen LogP contribution in [0.25, 0.3) is 11.0 Å². The Hall–Kier alpha value is -1.35. The average molecular weight is 173 g/mol. The van der Waals surface area contributed by atoms with Crippen molar-refractivity contribution in [3.8, 4) is 0 Å². The number of rotatable bonds is 1. The third-order valence-electron chi connectivity index (χ3n) is 2.70. The lowest BCUT2D eigenvalue weighted by Crippen LogP contribution is -2.39. The van der Waals surface area contributed by atoms with Crippen LogP contribution in [-0.2, 0) is 0 Å². The monoisotopic (exact) mass is 173 g/mol. The van der Waals surface area contributed by atoms with Crippen LogP contribution >= 0.6 is 0 Å². The van der Waals surface area contributed by atoms with E-state index >= 15 is 0 Å². The van der Waals surface area contributed by atoms with Crippen LogP contribution in [0.4, 0.5) is 0 Å². The Morgan fingerprint density at radius 3 is 3.00 bits per heavy atom. The molecule has 0 atom stereocenters. The van der Waals surface area contributed by atoms with Gasteiger partial charge >= 0.3 is 0 Å². The molecule has 0 bridgehead atoms. The molecular weight excluding hydrogens is 162 g/mol. The molecule has 66 valence electrons. The summed E-state index contributed by atoms with van der Waals surface area (Å²) < 4.78 is 0. The molecule has 2 N–H and O–H groups in total. The van der Waals surface area contributed by atoms with Crippen LogP contribution in [0.1, 0.15) is 11.5 Å². The van der Waals surface area contributed by atoms with E-state index in [1.807, 2.05) is 0 Å². The largest absolute Gasteiger partial charge is 0.345 e. The molecule has 1 aromatic carbocycles. The Balaban J connectivity index is 2.20. The normalized spacial score (nSPS) is 17.5. The Bertz CT molecular complexity index is 428. The van der Waals surface area contributed by atoms with Crippen LogP contribution in [-0.4, -0.2) is 23.1 Å². The second kappa shape index (κ2) is 2.57. The molecule has 1 aliphatic heterocycles. The quantitative estimate of drug-likeness (QED) is 0.681. The van der Waals surface area contributed by atoms with Gasteiger partial charge in [-0.1, -0.05) is 12.1 Å². The van der Waals surface area contributed by atoms with E-state index in [2.05, 4.69) is 33.5 Å². The van der Waals surface area contributed by atoms with Gasteiger partial charge in [0.2, 0.25) is 0 Å². The highest BCUT2D eigenvalue weighted by atomic mass is 15.0. The number of aromatic nitrogens is 2. The summed E-state index contributed by atoms with van der Waals surface area (Å²) in [6.07, 6.45) is 1.76. The van der Waals surface area contributed by atoms with Crippen molar-refractivity contribution in [2.75, 3.05) is 13.1 Å². The third kappa shape index (κ3) is 0.971. The van der Waals surface area contributed by atoms with Crippen LogP contribution < -0.4 is 5.32 Å². The molecule has 0 aliphatic carbocycles. The maximum absolute atomic E-state index is 4.34. The number of nitrogens with zero attached hydrogens (tertiary/aromatic N) is 1.